The van der Waals surface area contributed by atoms with Crippen LogP contribution in [-0.4, -0.2) is 14.5 Å². The number of hydrogen-bond donors (Lipinski definition) is 1. The number of anilines is 1. The molecule has 0 spiro atoms. The van der Waals surface area contributed by atoms with Crippen molar-refractivity contribution in [3.8, 4) is 11.3 Å². The third kappa shape index (κ3) is 1.77. The highest BCUT2D eigenvalue weighted by Gasteiger charge is 2.15. The van der Waals surface area contributed by atoms with Gasteiger partial charge in [-0.15, -0.1) is 0 Å². The maximum atomic E-state index is 12.5. The maximum Gasteiger partial charge on any atom is 0.263 e. The van der Waals surface area contributed by atoms with Crippen LogP contribution in [0.5, 0.6) is 0 Å². The highest BCUT2D eigenvalue weighted by Crippen LogP contribution is 2.22. The van der Waals surface area contributed by atoms with Gasteiger partial charge in [0.2, 0.25) is 5.95 Å². The van der Waals surface area contributed by atoms with Gasteiger partial charge in [-0.2, -0.15) is 4.98 Å². The first-order chi connectivity index (χ1) is 9.61. The maximum absolute atomic E-state index is 12.5. The summed E-state index contributed by atoms with van der Waals surface area (Å²) in [5.74, 6) is 0.706. The summed E-state index contributed by atoms with van der Waals surface area (Å²) >= 11 is 0. The molecule has 3 heterocycles. The summed E-state index contributed by atoms with van der Waals surface area (Å²) in [4.78, 5) is 20.9. The van der Waals surface area contributed by atoms with Crippen LogP contribution < -0.4 is 11.3 Å². The van der Waals surface area contributed by atoms with Crippen molar-refractivity contribution in [1.29, 1.82) is 0 Å². The van der Waals surface area contributed by atoms with Gasteiger partial charge in [0, 0.05) is 11.9 Å². The van der Waals surface area contributed by atoms with Crippen molar-refractivity contribution in [3.05, 3.63) is 40.5 Å². The highest BCUT2D eigenvalue weighted by atomic mass is 16.3. The van der Waals surface area contributed by atoms with Crippen LogP contribution in [0.15, 0.2) is 33.7 Å². The second kappa shape index (κ2) is 4.48. The van der Waals surface area contributed by atoms with Crippen molar-refractivity contribution in [3.63, 3.8) is 0 Å². The summed E-state index contributed by atoms with van der Waals surface area (Å²) in [7, 11) is 0. The van der Waals surface area contributed by atoms with E-state index in [4.69, 9.17) is 10.2 Å². The van der Waals surface area contributed by atoms with Crippen LogP contribution in [0.25, 0.3) is 22.4 Å². The summed E-state index contributed by atoms with van der Waals surface area (Å²) in [6.07, 6.45) is 1.54. The van der Waals surface area contributed by atoms with Gasteiger partial charge in [-0.3, -0.25) is 9.36 Å². The fraction of sp³-hybridized carbons (Fsp3) is 0.214. The minimum absolute atomic E-state index is 0.146. The summed E-state index contributed by atoms with van der Waals surface area (Å²) in [5.41, 5.74) is 7.32. The molecule has 0 atom stereocenters. The van der Waals surface area contributed by atoms with Gasteiger partial charge in [-0.05, 0) is 32.0 Å². The number of furan rings is 1. The van der Waals surface area contributed by atoms with Crippen LogP contribution >= 0.6 is 0 Å². The number of fused-ring (bicyclic) bond motifs is 1. The molecule has 2 N–H and O–H groups in total. The zero-order valence-corrected chi connectivity index (χ0v) is 11.3. The summed E-state index contributed by atoms with van der Waals surface area (Å²) in [6, 6.07) is 5.27. The number of hydrogen-bond acceptors (Lipinski definition) is 5. The molecule has 3 aromatic heterocycles. The van der Waals surface area contributed by atoms with Crippen LogP contribution in [0.1, 0.15) is 12.6 Å². The Morgan fingerprint density at radius 3 is 2.85 bits per heavy atom. The SMILES string of the molecule is CCn1c(=O)c(-c2ccco2)cc2c(C)nc(N)nc21. The average Bonchev–Trinajstić information content (AvgIpc) is 2.92. The third-order valence-electron chi connectivity index (χ3n) is 3.26. The van der Waals surface area contributed by atoms with E-state index in [2.05, 4.69) is 9.97 Å². The Balaban J connectivity index is 2.46. The van der Waals surface area contributed by atoms with Crippen LogP contribution in [0.3, 0.4) is 0 Å². The lowest BCUT2D eigenvalue weighted by Crippen LogP contribution is -2.22. The normalized spacial score (nSPS) is 11.1. The Morgan fingerprint density at radius 1 is 1.40 bits per heavy atom. The summed E-state index contributed by atoms with van der Waals surface area (Å²) in [5, 5.41) is 0.798. The van der Waals surface area contributed by atoms with Gasteiger partial charge in [0.15, 0.2) is 0 Å². The Labute approximate surface area is 114 Å². The monoisotopic (exact) mass is 270 g/mol. The Morgan fingerprint density at radius 2 is 2.20 bits per heavy atom. The van der Waals surface area contributed by atoms with Gasteiger partial charge in [0.25, 0.3) is 5.56 Å². The number of aryl methyl sites for hydroxylation is 2. The number of nitrogen functional groups attached to an aromatic ring is 1. The van der Waals surface area contributed by atoms with Gasteiger partial charge >= 0.3 is 0 Å². The van der Waals surface area contributed by atoms with E-state index >= 15 is 0 Å². The molecule has 0 saturated carbocycles. The molecule has 3 aromatic rings. The molecule has 0 aromatic carbocycles. The van der Waals surface area contributed by atoms with Crippen molar-refractivity contribution in [1.82, 2.24) is 14.5 Å². The number of nitrogens with zero attached hydrogens (tertiary/aromatic N) is 3. The molecule has 20 heavy (non-hydrogen) atoms. The largest absolute Gasteiger partial charge is 0.464 e. The number of aromatic nitrogens is 3. The van der Waals surface area contributed by atoms with Crippen molar-refractivity contribution >= 4 is 17.0 Å². The van der Waals surface area contributed by atoms with Crippen LogP contribution in [0.2, 0.25) is 0 Å². The van der Waals surface area contributed by atoms with Crippen LogP contribution in [0, 0.1) is 6.92 Å². The zero-order valence-electron chi connectivity index (χ0n) is 11.3. The Bertz CT molecular complexity index is 834. The molecule has 0 unspecified atom stereocenters. The first-order valence-corrected chi connectivity index (χ1v) is 6.33. The van der Waals surface area contributed by atoms with E-state index in [1.54, 1.807) is 29.0 Å². The fourth-order valence-electron chi connectivity index (χ4n) is 2.31. The molecule has 3 rings (SSSR count). The number of nitrogens with two attached hydrogens (primary N) is 1. The van der Waals surface area contributed by atoms with E-state index in [0.29, 0.717) is 23.5 Å². The zero-order chi connectivity index (χ0) is 14.3. The average molecular weight is 270 g/mol. The van der Waals surface area contributed by atoms with Crippen molar-refractivity contribution in [2.75, 3.05) is 5.73 Å². The minimum Gasteiger partial charge on any atom is -0.464 e. The predicted molar refractivity (Wildman–Crippen MR) is 76.3 cm³/mol. The van der Waals surface area contributed by atoms with Gasteiger partial charge < -0.3 is 10.2 Å². The van der Waals surface area contributed by atoms with Gasteiger partial charge in [-0.1, -0.05) is 0 Å². The Kier molecular flexibility index (Phi) is 2.78. The molecule has 0 amide bonds. The van der Waals surface area contributed by atoms with E-state index in [0.717, 1.165) is 11.1 Å². The molecular weight excluding hydrogens is 256 g/mol. The molecule has 0 bridgehead atoms. The fourth-order valence-corrected chi connectivity index (χ4v) is 2.31. The first kappa shape index (κ1) is 12.4. The second-order valence-corrected chi connectivity index (χ2v) is 4.49. The summed E-state index contributed by atoms with van der Waals surface area (Å²) < 4.78 is 6.92. The predicted octanol–water partition coefficient (Wildman–Crippen LogP) is 1.96. The van der Waals surface area contributed by atoms with Crippen LogP contribution in [-0.2, 0) is 6.54 Å². The minimum atomic E-state index is -0.146. The van der Waals surface area contributed by atoms with Crippen molar-refractivity contribution in [2.45, 2.75) is 20.4 Å². The molecular formula is C14H14N4O2. The first-order valence-electron chi connectivity index (χ1n) is 6.33. The molecule has 0 fully saturated rings. The topological polar surface area (TPSA) is 86.9 Å². The van der Waals surface area contributed by atoms with Gasteiger partial charge in [-0.25, -0.2) is 4.98 Å². The molecule has 6 heteroatoms. The quantitative estimate of drug-likeness (QED) is 0.769. The lowest BCUT2D eigenvalue weighted by atomic mass is 10.1. The van der Waals surface area contributed by atoms with Crippen LogP contribution in [0.4, 0.5) is 5.95 Å². The smallest absolute Gasteiger partial charge is 0.263 e. The van der Waals surface area contributed by atoms with E-state index in [1.165, 1.54) is 0 Å². The lowest BCUT2D eigenvalue weighted by Gasteiger charge is -2.11. The lowest BCUT2D eigenvalue weighted by molar-refractivity contribution is 0.580. The number of pyridine rings is 1. The van der Waals surface area contributed by atoms with Gasteiger partial charge in [0.1, 0.15) is 11.4 Å². The molecule has 102 valence electrons. The molecule has 0 aliphatic carbocycles. The molecule has 0 radical (unpaired) electrons. The second-order valence-electron chi connectivity index (χ2n) is 4.49. The molecule has 6 nitrogen and oxygen atoms in total. The van der Waals surface area contributed by atoms with Crippen molar-refractivity contribution < 1.29 is 4.42 Å². The highest BCUT2D eigenvalue weighted by molar-refractivity contribution is 5.83. The van der Waals surface area contributed by atoms with Crippen molar-refractivity contribution in [2.24, 2.45) is 0 Å². The summed E-state index contributed by atoms with van der Waals surface area (Å²) in [6.45, 7) is 4.23. The Hall–Kier alpha value is -2.63. The van der Waals surface area contributed by atoms with E-state index in [-0.39, 0.29) is 11.5 Å². The third-order valence-corrected chi connectivity index (χ3v) is 3.26. The van der Waals surface area contributed by atoms with E-state index in [9.17, 15) is 4.79 Å². The molecule has 0 saturated heterocycles. The molecule has 0 aliphatic heterocycles. The van der Waals surface area contributed by atoms with Gasteiger partial charge in [0.05, 0.1) is 17.5 Å². The van der Waals surface area contributed by atoms with E-state index < -0.39 is 0 Å². The van der Waals surface area contributed by atoms with E-state index in [1.807, 2.05) is 13.8 Å². The molecule has 0 aliphatic rings. The number of rotatable bonds is 2. The standard InChI is InChI=1S/C14H14N4O2/c1-3-18-12-9(8(2)16-14(15)17-12)7-10(13(18)19)11-5-4-6-20-11/h4-7H,3H2,1-2H3,(H2,15,16,17).